The minimum atomic E-state index is 1.14. The zero-order valence-electron chi connectivity index (χ0n) is 26.8. The first-order valence-electron chi connectivity index (χ1n) is 17.0. The van der Waals surface area contributed by atoms with Gasteiger partial charge in [-0.15, -0.1) is 0 Å². The molecular weight excluding hydrogens is 591 g/mol. The van der Waals surface area contributed by atoms with Gasteiger partial charge in [0, 0.05) is 22.4 Å². The van der Waals surface area contributed by atoms with E-state index in [1.165, 1.54) is 88.2 Å². The Labute approximate surface area is 286 Å². The predicted octanol–water partition coefficient (Wildman–Crippen LogP) is 13.6. The van der Waals surface area contributed by atoms with Gasteiger partial charge >= 0.3 is 0 Å². The van der Waals surface area contributed by atoms with E-state index in [1.807, 2.05) is 0 Å². The summed E-state index contributed by atoms with van der Waals surface area (Å²) in [5, 5.41) is 7.75. The molecule has 0 aliphatic carbocycles. The van der Waals surface area contributed by atoms with Crippen LogP contribution >= 0.6 is 0 Å². The Morgan fingerprint density at radius 1 is 0.286 bits per heavy atom. The first-order valence-corrected chi connectivity index (χ1v) is 17.0. The third-order valence-electron chi connectivity index (χ3n) is 10.2. The summed E-state index contributed by atoms with van der Waals surface area (Å²) < 4.78 is 0. The van der Waals surface area contributed by atoms with Gasteiger partial charge in [0.15, 0.2) is 0 Å². The molecule has 1 heteroatoms. The molecule has 0 atom stereocenters. The number of hydrogen-bond acceptors (Lipinski definition) is 1. The molecule has 9 aromatic rings. The standard InChI is InChI=1S/C48H31N/c1-2-17-34(18-3-1)49-46-30-11-10-24-42(46)38-20-5-7-23-41(38)45-29-14-27-36(48(45)49)33-16-12-15-32(31-33)35-26-13-28-44-40-21-6-4-19-37(40)39-22-8-9-25-43(39)47(35)44/h1-31H. The molecule has 0 unspecified atom stereocenters. The molecule has 0 saturated heterocycles. The van der Waals surface area contributed by atoms with Gasteiger partial charge in [-0.1, -0.05) is 164 Å². The maximum atomic E-state index is 2.46. The molecule has 0 amide bonds. The van der Waals surface area contributed by atoms with Crippen LogP contribution in [0.5, 0.6) is 0 Å². The second-order valence-electron chi connectivity index (χ2n) is 12.8. The van der Waals surface area contributed by atoms with Gasteiger partial charge < -0.3 is 4.90 Å². The summed E-state index contributed by atoms with van der Waals surface area (Å²) in [6.07, 6.45) is 0. The number of rotatable bonds is 3. The van der Waals surface area contributed by atoms with E-state index in [9.17, 15) is 0 Å². The smallest absolute Gasteiger partial charge is 0.0618 e. The van der Waals surface area contributed by atoms with Gasteiger partial charge in [0.05, 0.1) is 11.4 Å². The number of para-hydroxylation sites is 3. The predicted molar refractivity (Wildman–Crippen MR) is 209 cm³/mol. The van der Waals surface area contributed by atoms with E-state index in [2.05, 4.69) is 193 Å². The molecule has 49 heavy (non-hydrogen) atoms. The number of anilines is 3. The fourth-order valence-corrected chi connectivity index (χ4v) is 8.10. The van der Waals surface area contributed by atoms with E-state index in [0.717, 1.165) is 5.69 Å². The molecule has 0 spiro atoms. The normalized spacial score (nSPS) is 12.0. The monoisotopic (exact) mass is 621 g/mol. The quantitative estimate of drug-likeness (QED) is 0.177. The zero-order chi connectivity index (χ0) is 32.3. The van der Waals surface area contributed by atoms with Gasteiger partial charge in [-0.2, -0.15) is 0 Å². The van der Waals surface area contributed by atoms with Crippen LogP contribution in [0.3, 0.4) is 0 Å². The molecule has 0 saturated carbocycles. The van der Waals surface area contributed by atoms with Crippen molar-refractivity contribution in [2.45, 2.75) is 0 Å². The van der Waals surface area contributed by atoms with Crippen molar-refractivity contribution in [1.82, 2.24) is 0 Å². The van der Waals surface area contributed by atoms with Crippen molar-refractivity contribution < 1.29 is 0 Å². The van der Waals surface area contributed by atoms with Gasteiger partial charge in [-0.3, -0.25) is 0 Å². The molecule has 228 valence electrons. The Morgan fingerprint density at radius 3 is 1.47 bits per heavy atom. The van der Waals surface area contributed by atoms with Gasteiger partial charge in [-0.25, -0.2) is 0 Å². The zero-order valence-corrected chi connectivity index (χ0v) is 26.8. The molecule has 0 bridgehead atoms. The fourth-order valence-electron chi connectivity index (χ4n) is 8.10. The van der Waals surface area contributed by atoms with Crippen molar-refractivity contribution >= 4 is 49.4 Å². The highest BCUT2D eigenvalue weighted by atomic mass is 15.2. The summed E-state index contributed by atoms with van der Waals surface area (Å²) in [5.41, 5.74) is 13.3. The maximum Gasteiger partial charge on any atom is 0.0618 e. The van der Waals surface area contributed by atoms with Gasteiger partial charge in [0.2, 0.25) is 0 Å². The average molecular weight is 622 g/mol. The lowest BCUT2D eigenvalue weighted by Gasteiger charge is -2.29. The third kappa shape index (κ3) is 4.26. The van der Waals surface area contributed by atoms with Crippen LogP contribution in [0.4, 0.5) is 17.1 Å². The van der Waals surface area contributed by atoms with Crippen molar-refractivity contribution in [1.29, 1.82) is 0 Å². The highest BCUT2D eigenvalue weighted by molar-refractivity contribution is 6.28. The summed E-state index contributed by atoms with van der Waals surface area (Å²) in [6, 6.07) is 68.8. The van der Waals surface area contributed by atoms with E-state index in [1.54, 1.807) is 0 Å². The SMILES string of the molecule is c1ccc(N2c3ccccc3-c3ccccc3-c3cccc(-c4cccc(-c5cccc6c7ccccc7c7ccccc7c56)c4)c32)cc1. The van der Waals surface area contributed by atoms with Crippen molar-refractivity contribution in [3.05, 3.63) is 188 Å². The Hall–Kier alpha value is -6.44. The molecular formula is C48H31N. The summed E-state index contributed by atoms with van der Waals surface area (Å²) in [7, 11) is 0. The number of benzene rings is 9. The second-order valence-corrected chi connectivity index (χ2v) is 12.8. The van der Waals surface area contributed by atoms with E-state index in [4.69, 9.17) is 0 Å². The lowest BCUT2D eigenvalue weighted by atomic mass is 9.88. The summed E-state index contributed by atoms with van der Waals surface area (Å²) in [5.74, 6) is 0. The highest BCUT2D eigenvalue weighted by Gasteiger charge is 2.28. The largest absolute Gasteiger partial charge is 0.309 e. The highest BCUT2D eigenvalue weighted by Crippen LogP contribution is 2.54. The van der Waals surface area contributed by atoms with E-state index >= 15 is 0 Å². The van der Waals surface area contributed by atoms with Crippen LogP contribution in [0.1, 0.15) is 0 Å². The van der Waals surface area contributed by atoms with Crippen molar-refractivity contribution in [2.75, 3.05) is 4.90 Å². The molecule has 0 radical (unpaired) electrons. The molecule has 0 N–H and O–H groups in total. The van der Waals surface area contributed by atoms with Gasteiger partial charge in [-0.05, 0) is 84.4 Å². The first kappa shape index (κ1) is 27.7. The van der Waals surface area contributed by atoms with Crippen LogP contribution in [0.2, 0.25) is 0 Å². The topological polar surface area (TPSA) is 3.24 Å². The van der Waals surface area contributed by atoms with Gasteiger partial charge in [0.25, 0.3) is 0 Å². The van der Waals surface area contributed by atoms with Crippen LogP contribution in [-0.4, -0.2) is 0 Å². The Balaban J connectivity index is 1.26. The minimum absolute atomic E-state index is 1.14. The van der Waals surface area contributed by atoms with Gasteiger partial charge in [0.1, 0.15) is 0 Å². The number of hydrogen-bond donors (Lipinski definition) is 0. The Kier molecular flexibility index (Phi) is 6.25. The molecule has 1 aliphatic rings. The fraction of sp³-hybridized carbons (Fsp3) is 0. The van der Waals surface area contributed by atoms with E-state index < -0.39 is 0 Å². The van der Waals surface area contributed by atoms with Crippen LogP contribution in [0.15, 0.2) is 188 Å². The van der Waals surface area contributed by atoms with Crippen LogP contribution in [0.25, 0.3) is 76.8 Å². The van der Waals surface area contributed by atoms with E-state index in [-0.39, 0.29) is 0 Å². The number of nitrogens with zero attached hydrogens (tertiary/aromatic N) is 1. The number of fused-ring (bicyclic) bond motifs is 11. The molecule has 0 fully saturated rings. The van der Waals surface area contributed by atoms with Crippen LogP contribution in [0, 0.1) is 0 Å². The molecule has 10 rings (SSSR count). The lowest BCUT2D eigenvalue weighted by molar-refractivity contribution is 1.29. The molecule has 1 aliphatic heterocycles. The molecule has 0 aromatic heterocycles. The molecule has 9 aromatic carbocycles. The van der Waals surface area contributed by atoms with Crippen LogP contribution in [-0.2, 0) is 0 Å². The summed E-state index contributed by atoms with van der Waals surface area (Å²) >= 11 is 0. The lowest BCUT2D eigenvalue weighted by Crippen LogP contribution is -2.12. The molecule has 1 nitrogen and oxygen atoms in total. The average Bonchev–Trinajstić information content (AvgIpc) is 3.31. The summed E-state index contributed by atoms with van der Waals surface area (Å²) in [6.45, 7) is 0. The van der Waals surface area contributed by atoms with Crippen molar-refractivity contribution in [3.8, 4) is 44.5 Å². The van der Waals surface area contributed by atoms with E-state index in [0.29, 0.717) is 0 Å². The third-order valence-corrected chi connectivity index (χ3v) is 10.2. The first-order chi connectivity index (χ1) is 24.3. The van der Waals surface area contributed by atoms with Crippen molar-refractivity contribution in [3.63, 3.8) is 0 Å². The Bertz CT molecular complexity index is 2680. The maximum absolute atomic E-state index is 2.46. The molecule has 1 heterocycles. The minimum Gasteiger partial charge on any atom is -0.309 e. The van der Waals surface area contributed by atoms with Crippen LogP contribution < -0.4 is 4.90 Å². The second kappa shape index (κ2) is 11.1. The summed E-state index contributed by atoms with van der Waals surface area (Å²) in [4.78, 5) is 2.46. The van der Waals surface area contributed by atoms with Crippen molar-refractivity contribution in [2.24, 2.45) is 0 Å². The Morgan fingerprint density at radius 2 is 0.735 bits per heavy atom.